The van der Waals surface area contributed by atoms with Gasteiger partial charge in [-0.05, 0) is 32.5 Å². The second-order valence-corrected chi connectivity index (χ2v) is 4.63. The molecule has 0 bridgehead atoms. The molecule has 5 heteroatoms. The first kappa shape index (κ1) is 12.5. The molecule has 0 spiro atoms. The maximum Gasteiger partial charge on any atom is 0.228 e. The summed E-state index contributed by atoms with van der Waals surface area (Å²) >= 11 is 0. The molecule has 0 aliphatic carbocycles. The molecule has 2 N–H and O–H groups in total. The third-order valence-electron chi connectivity index (χ3n) is 3.44. The molecule has 2 rings (SSSR count). The topological polar surface area (TPSA) is 68.2 Å². The van der Waals surface area contributed by atoms with Gasteiger partial charge in [0.15, 0.2) is 5.82 Å². The molecule has 5 nitrogen and oxygen atoms in total. The first-order valence-electron chi connectivity index (χ1n) is 6.59. The summed E-state index contributed by atoms with van der Waals surface area (Å²) in [5.74, 6) is 1.50. The zero-order valence-corrected chi connectivity index (χ0v) is 10.6. The zero-order chi connectivity index (χ0) is 12.1. The lowest BCUT2D eigenvalue weighted by atomic mass is 9.99. The highest BCUT2D eigenvalue weighted by atomic mass is 16.5. The van der Waals surface area contributed by atoms with Gasteiger partial charge in [0, 0.05) is 18.9 Å². The van der Waals surface area contributed by atoms with E-state index in [1.807, 2.05) is 0 Å². The summed E-state index contributed by atoms with van der Waals surface area (Å²) in [5, 5.41) is 3.94. The number of piperidine rings is 1. The van der Waals surface area contributed by atoms with E-state index in [-0.39, 0.29) is 0 Å². The minimum atomic E-state index is 0.569. The highest BCUT2D eigenvalue weighted by molar-refractivity contribution is 4.91. The number of likely N-dealkylation sites (tertiary alicyclic amines) is 1. The molecule has 1 fully saturated rings. The van der Waals surface area contributed by atoms with E-state index in [9.17, 15) is 0 Å². The fourth-order valence-electron chi connectivity index (χ4n) is 2.51. The Labute approximate surface area is 102 Å². The number of aromatic nitrogens is 2. The molecular weight excluding hydrogens is 216 g/mol. The smallest absolute Gasteiger partial charge is 0.228 e. The molecular formula is C12H22N4O. The van der Waals surface area contributed by atoms with Gasteiger partial charge < -0.3 is 15.2 Å². The van der Waals surface area contributed by atoms with Crippen molar-refractivity contribution in [2.24, 2.45) is 5.73 Å². The van der Waals surface area contributed by atoms with Gasteiger partial charge in [0.25, 0.3) is 0 Å². The Morgan fingerprint density at radius 2 is 2.35 bits per heavy atom. The van der Waals surface area contributed by atoms with E-state index in [0.29, 0.717) is 19.0 Å². The highest BCUT2D eigenvalue weighted by Crippen LogP contribution is 2.19. The number of likely N-dealkylation sites (N-methyl/N-ethyl adjacent to an activating group) is 1. The molecule has 0 aromatic carbocycles. The summed E-state index contributed by atoms with van der Waals surface area (Å²) < 4.78 is 5.27. The molecule has 1 aromatic heterocycles. The summed E-state index contributed by atoms with van der Waals surface area (Å²) in [7, 11) is 0. The van der Waals surface area contributed by atoms with E-state index in [0.717, 1.165) is 24.7 Å². The van der Waals surface area contributed by atoms with Crippen LogP contribution in [0.3, 0.4) is 0 Å². The molecule has 1 atom stereocenters. The fraction of sp³-hybridized carbons (Fsp3) is 0.833. The van der Waals surface area contributed by atoms with Crippen LogP contribution >= 0.6 is 0 Å². The van der Waals surface area contributed by atoms with Crippen molar-refractivity contribution in [1.82, 2.24) is 15.0 Å². The summed E-state index contributed by atoms with van der Waals surface area (Å²) in [6.45, 7) is 5.09. The monoisotopic (exact) mass is 238 g/mol. The van der Waals surface area contributed by atoms with Crippen LogP contribution in [0.25, 0.3) is 0 Å². The number of nitrogens with zero attached hydrogens (tertiary/aromatic N) is 3. The summed E-state index contributed by atoms with van der Waals surface area (Å²) in [6, 6.07) is 0.569. The lowest BCUT2D eigenvalue weighted by Gasteiger charge is -2.33. The molecule has 0 amide bonds. The zero-order valence-electron chi connectivity index (χ0n) is 10.6. The molecule has 1 saturated heterocycles. The van der Waals surface area contributed by atoms with E-state index in [1.54, 1.807) is 0 Å². The predicted molar refractivity (Wildman–Crippen MR) is 65.6 cm³/mol. The summed E-state index contributed by atoms with van der Waals surface area (Å²) in [5.41, 5.74) is 5.47. The van der Waals surface area contributed by atoms with Crippen molar-refractivity contribution in [3.63, 3.8) is 0 Å². The second-order valence-electron chi connectivity index (χ2n) is 4.63. The third kappa shape index (κ3) is 3.26. The number of rotatable bonds is 5. The molecule has 0 radical (unpaired) electrons. The molecule has 17 heavy (non-hydrogen) atoms. The third-order valence-corrected chi connectivity index (χ3v) is 3.44. The maximum absolute atomic E-state index is 5.47. The van der Waals surface area contributed by atoms with Crippen LogP contribution in [-0.4, -0.2) is 40.7 Å². The van der Waals surface area contributed by atoms with Crippen LogP contribution in [0.15, 0.2) is 4.52 Å². The van der Waals surface area contributed by atoms with Crippen molar-refractivity contribution in [2.45, 2.75) is 45.1 Å². The molecule has 1 aromatic rings. The minimum absolute atomic E-state index is 0.569. The molecule has 0 saturated carbocycles. The van der Waals surface area contributed by atoms with Crippen LogP contribution in [0, 0.1) is 0 Å². The number of hydrogen-bond acceptors (Lipinski definition) is 5. The maximum atomic E-state index is 5.47. The number of nitrogens with two attached hydrogens (primary N) is 1. The predicted octanol–water partition coefficient (Wildman–Crippen LogP) is 0.988. The van der Waals surface area contributed by atoms with Gasteiger partial charge in [0.05, 0.1) is 0 Å². The van der Waals surface area contributed by atoms with Crippen molar-refractivity contribution in [3.8, 4) is 0 Å². The average molecular weight is 238 g/mol. The van der Waals surface area contributed by atoms with Crippen molar-refractivity contribution in [3.05, 3.63) is 11.7 Å². The van der Waals surface area contributed by atoms with Crippen LogP contribution < -0.4 is 5.73 Å². The van der Waals surface area contributed by atoms with Gasteiger partial charge >= 0.3 is 0 Å². The van der Waals surface area contributed by atoms with E-state index < -0.39 is 0 Å². The molecule has 1 aliphatic rings. The van der Waals surface area contributed by atoms with Gasteiger partial charge in [-0.3, -0.25) is 0 Å². The Morgan fingerprint density at radius 3 is 3.12 bits per heavy atom. The fourth-order valence-corrected chi connectivity index (χ4v) is 2.51. The van der Waals surface area contributed by atoms with Crippen LogP contribution in [0.4, 0.5) is 0 Å². The Balaban J connectivity index is 1.93. The van der Waals surface area contributed by atoms with Crippen molar-refractivity contribution >= 4 is 0 Å². The van der Waals surface area contributed by atoms with Gasteiger partial charge in [-0.1, -0.05) is 18.5 Å². The Morgan fingerprint density at radius 1 is 1.47 bits per heavy atom. The second kappa shape index (κ2) is 6.12. The summed E-state index contributed by atoms with van der Waals surface area (Å²) in [6.07, 6.45) is 5.44. The molecule has 96 valence electrons. The summed E-state index contributed by atoms with van der Waals surface area (Å²) in [4.78, 5) is 6.89. The van der Waals surface area contributed by atoms with Crippen molar-refractivity contribution in [2.75, 3.05) is 19.6 Å². The van der Waals surface area contributed by atoms with Crippen LogP contribution in [0.1, 0.15) is 37.9 Å². The van der Waals surface area contributed by atoms with Crippen LogP contribution in [-0.2, 0) is 12.8 Å². The van der Waals surface area contributed by atoms with Gasteiger partial charge in [-0.25, -0.2) is 0 Å². The van der Waals surface area contributed by atoms with Crippen molar-refractivity contribution < 1.29 is 4.52 Å². The molecule has 2 heterocycles. The first-order valence-corrected chi connectivity index (χ1v) is 6.59. The lowest BCUT2D eigenvalue weighted by Crippen LogP contribution is -2.40. The largest absolute Gasteiger partial charge is 0.339 e. The van der Waals surface area contributed by atoms with Crippen LogP contribution in [0.5, 0.6) is 0 Å². The van der Waals surface area contributed by atoms with Gasteiger partial charge in [-0.2, -0.15) is 4.98 Å². The van der Waals surface area contributed by atoms with Gasteiger partial charge in [-0.15, -0.1) is 0 Å². The van der Waals surface area contributed by atoms with E-state index in [1.165, 1.54) is 25.8 Å². The van der Waals surface area contributed by atoms with Crippen molar-refractivity contribution in [1.29, 1.82) is 0 Å². The van der Waals surface area contributed by atoms with Crippen LogP contribution in [0.2, 0.25) is 0 Å². The standard InChI is InChI=1S/C12H22N4O/c1-2-16-8-4-3-5-10(16)9-12-14-11(6-7-13)15-17-12/h10H,2-9,13H2,1H3. The highest BCUT2D eigenvalue weighted by Gasteiger charge is 2.23. The average Bonchev–Trinajstić information content (AvgIpc) is 2.78. The SMILES string of the molecule is CCN1CCCCC1Cc1nc(CCN)no1. The van der Waals surface area contributed by atoms with Gasteiger partial charge in [0.2, 0.25) is 5.89 Å². The quantitative estimate of drug-likeness (QED) is 0.828. The van der Waals surface area contributed by atoms with Gasteiger partial charge in [0.1, 0.15) is 0 Å². The lowest BCUT2D eigenvalue weighted by molar-refractivity contribution is 0.146. The molecule has 1 aliphatic heterocycles. The Hall–Kier alpha value is -0.940. The Kier molecular flexibility index (Phi) is 4.50. The van der Waals surface area contributed by atoms with E-state index >= 15 is 0 Å². The normalized spacial score (nSPS) is 21.9. The molecule has 1 unspecified atom stereocenters. The minimum Gasteiger partial charge on any atom is -0.339 e. The first-order chi connectivity index (χ1) is 8.33. The Bertz CT molecular complexity index is 339. The van der Waals surface area contributed by atoms with E-state index in [2.05, 4.69) is 22.0 Å². The van der Waals surface area contributed by atoms with E-state index in [4.69, 9.17) is 10.3 Å². The number of hydrogen-bond donors (Lipinski definition) is 1.